The third-order valence-corrected chi connectivity index (χ3v) is 11.5. The molecular formula is C47H28N4S. The molecule has 0 spiro atoms. The zero-order valence-corrected chi connectivity index (χ0v) is 28.7. The second-order valence-electron chi connectivity index (χ2n) is 13.2. The topological polar surface area (TPSA) is 43.6 Å². The van der Waals surface area contributed by atoms with Crippen LogP contribution in [-0.2, 0) is 0 Å². The van der Waals surface area contributed by atoms with Gasteiger partial charge in [0, 0.05) is 53.3 Å². The first-order chi connectivity index (χ1) is 25.8. The maximum Gasteiger partial charge on any atom is 0.165 e. The van der Waals surface area contributed by atoms with Crippen LogP contribution in [0, 0.1) is 0 Å². The van der Waals surface area contributed by atoms with Gasteiger partial charge in [-0.3, -0.25) is 0 Å². The fraction of sp³-hybridized carbons (Fsp3) is 0. The summed E-state index contributed by atoms with van der Waals surface area (Å²) in [6, 6.07) is 60.1. The highest BCUT2D eigenvalue weighted by atomic mass is 32.1. The predicted molar refractivity (Wildman–Crippen MR) is 218 cm³/mol. The lowest BCUT2D eigenvalue weighted by Crippen LogP contribution is -2.02. The van der Waals surface area contributed by atoms with Crippen molar-refractivity contribution in [1.29, 1.82) is 0 Å². The number of thiophene rings is 1. The SMILES string of the molecule is c1ccc(-n2c3ccccc3c3c(-c4nc(-c5cccc6ccccc56)nc(-c5cccc6c5sc5ccccc56)n4)c4ccccc4cc32)cc1. The summed E-state index contributed by atoms with van der Waals surface area (Å²) in [5.41, 5.74) is 6.36. The van der Waals surface area contributed by atoms with Gasteiger partial charge in [-0.1, -0.05) is 133 Å². The van der Waals surface area contributed by atoms with Crippen LogP contribution in [-0.4, -0.2) is 19.5 Å². The van der Waals surface area contributed by atoms with Gasteiger partial charge >= 0.3 is 0 Å². The molecule has 5 heteroatoms. The number of rotatable bonds is 4. The molecular weight excluding hydrogens is 653 g/mol. The van der Waals surface area contributed by atoms with Crippen LogP contribution in [0.25, 0.3) is 103 Å². The second kappa shape index (κ2) is 11.4. The van der Waals surface area contributed by atoms with E-state index in [-0.39, 0.29) is 0 Å². The number of benzene rings is 8. The average Bonchev–Trinajstić information content (AvgIpc) is 3.75. The van der Waals surface area contributed by atoms with Gasteiger partial charge in [-0.05, 0) is 57.9 Å². The van der Waals surface area contributed by atoms with Crippen LogP contribution >= 0.6 is 11.3 Å². The highest BCUT2D eigenvalue weighted by Gasteiger charge is 2.23. The summed E-state index contributed by atoms with van der Waals surface area (Å²) in [7, 11) is 0. The van der Waals surface area contributed by atoms with Crippen LogP contribution in [0.3, 0.4) is 0 Å². The Balaban J connectivity index is 1.30. The molecule has 0 saturated heterocycles. The number of hydrogen-bond acceptors (Lipinski definition) is 4. The van der Waals surface area contributed by atoms with Gasteiger partial charge < -0.3 is 4.57 Å². The van der Waals surface area contributed by atoms with Gasteiger partial charge in [-0.2, -0.15) is 0 Å². The number of aromatic nitrogens is 4. The molecule has 0 N–H and O–H groups in total. The smallest absolute Gasteiger partial charge is 0.165 e. The van der Waals surface area contributed by atoms with Gasteiger partial charge in [0.15, 0.2) is 17.5 Å². The normalized spacial score (nSPS) is 11.8. The molecule has 0 fully saturated rings. The fourth-order valence-electron chi connectivity index (χ4n) is 7.95. The second-order valence-corrected chi connectivity index (χ2v) is 14.2. The zero-order chi connectivity index (χ0) is 34.2. The lowest BCUT2D eigenvalue weighted by atomic mass is 9.97. The van der Waals surface area contributed by atoms with Crippen molar-refractivity contribution in [2.24, 2.45) is 0 Å². The summed E-state index contributed by atoms with van der Waals surface area (Å²) in [5.74, 6) is 1.98. The Bertz CT molecular complexity index is 3190. The van der Waals surface area contributed by atoms with Crippen molar-refractivity contribution in [2.45, 2.75) is 0 Å². The van der Waals surface area contributed by atoms with Crippen molar-refractivity contribution in [3.8, 4) is 39.9 Å². The molecule has 3 heterocycles. The third kappa shape index (κ3) is 4.36. The van der Waals surface area contributed by atoms with Crippen LogP contribution in [0.1, 0.15) is 0 Å². The molecule has 8 aromatic carbocycles. The minimum Gasteiger partial charge on any atom is -0.309 e. The molecule has 0 aliphatic rings. The van der Waals surface area contributed by atoms with Gasteiger partial charge in [0.2, 0.25) is 0 Å². The largest absolute Gasteiger partial charge is 0.309 e. The monoisotopic (exact) mass is 680 g/mol. The van der Waals surface area contributed by atoms with E-state index in [1.807, 2.05) is 0 Å². The van der Waals surface area contributed by atoms with Crippen molar-refractivity contribution < 1.29 is 0 Å². The first-order valence-corrected chi connectivity index (χ1v) is 18.3. The summed E-state index contributed by atoms with van der Waals surface area (Å²) in [6.45, 7) is 0. The standard InChI is InChI=1S/C47H28N4S/c1-2-17-31(18-3-1)51-39-26-10-8-22-37(39)42-40(51)28-30-15-5-7-20-33(30)43(42)47-49-45(36-24-12-16-29-14-4-6-19-32(29)36)48-46(50-47)38-25-13-23-35-34-21-9-11-27-41(34)52-44(35)38/h1-28H. The molecule has 0 radical (unpaired) electrons. The van der Waals surface area contributed by atoms with Crippen molar-refractivity contribution in [3.05, 3.63) is 170 Å². The maximum absolute atomic E-state index is 5.46. The molecule has 3 aromatic heterocycles. The van der Waals surface area contributed by atoms with Crippen molar-refractivity contribution in [1.82, 2.24) is 19.5 Å². The first-order valence-electron chi connectivity index (χ1n) is 17.5. The van der Waals surface area contributed by atoms with Crippen molar-refractivity contribution >= 4 is 74.9 Å². The van der Waals surface area contributed by atoms with Gasteiger partial charge in [0.1, 0.15) is 0 Å². The molecule has 0 aliphatic carbocycles. The number of fused-ring (bicyclic) bond motifs is 8. The Labute approximate surface area is 302 Å². The highest BCUT2D eigenvalue weighted by Crippen LogP contribution is 2.44. The van der Waals surface area contributed by atoms with E-state index >= 15 is 0 Å². The molecule has 4 nitrogen and oxygen atoms in total. The minimum atomic E-state index is 0.655. The third-order valence-electron chi connectivity index (χ3n) is 10.2. The summed E-state index contributed by atoms with van der Waals surface area (Å²) in [4.78, 5) is 16.2. The molecule has 0 unspecified atom stereocenters. The molecule has 11 aromatic rings. The lowest BCUT2D eigenvalue weighted by Gasteiger charge is -2.14. The van der Waals surface area contributed by atoms with E-state index < -0.39 is 0 Å². The summed E-state index contributed by atoms with van der Waals surface area (Å²) in [6.07, 6.45) is 0. The molecule has 0 aliphatic heterocycles. The molecule has 11 rings (SSSR count). The van der Waals surface area contributed by atoms with E-state index in [0.717, 1.165) is 65.7 Å². The van der Waals surface area contributed by atoms with Crippen LogP contribution in [0.5, 0.6) is 0 Å². The Kier molecular flexibility index (Phi) is 6.39. The fourth-order valence-corrected chi connectivity index (χ4v) is 9.16. The molecule has 0 saturated carbocycles. The molecule has 0 bridgehead atoms. The average molecular weight is 681 g/mol. The summed E-state index contributed by atoms with van der Waals surface area (Å²) >= 11 is 1.79. The van der Waals surface area contributed by atoms with Crippen LogP contribution in [0.4, 0.5) is 0 Å². The number of para-hydroxylation sites is 2. The zero-order valence-electron chi connectivity index (χ0n) is 27.9. The Morgan fingerprint density at radius 2 is 1.00 bits per heavy atom. The number of nitrogens with zero attached hydrogens (tertiary/aromatic N) is 4. The van der Waals surface area contributed by atoms with E-state index in [0.29, 0.717) is 17.5 Å². The Morgan fingerprint density at radius 1 is 0.404 bits per heavy atom. The van der Waals surface area contributed by atoms with Crippen LogP contribution < -0.4 is 0 Å². The molecule has 52 heavy (non-hydrogen) atoms. The van der Waals surface area contributed by atoms with E-state index in [4.69, 9.17) is 15.0 Å². The van der Waals surface area contributed by atoms with Crippen LogP contribution in [0.2, 0.25) is 0 Å². The van der Waals surface area contributed by atoms with Gasteiger partial charge in [-0.25, -0.2) is 15.0 Å². The Hall–Kier alpha value is -6.69. The highest BCUT2D eigenvalue weighted by molar-refractivity contribution is 7.26. The summed E-state index contributed by atoms with van der Waals surface area (Å²) < 4.78 is 4.79. The molecule has 0 amide bonds. The van der Waals surface area contributed by atoms with Crippen molar-refractivity contribution in [3.63, 3.8) is 0 Å². The minimum absolute atomic E-state index is 0.655. The Morgan fingerprint density at radius 3 is 1.87 bits per heavy atom. The van der Waals surface area contributed by atoms with Gasteiger partial charge in [-0.15, -0.1) is 11.3 Å². The van der Waals surface area contributed by atoms with E-state index in [1.54, 1.807) is 11.3 Å². The quantitative estimate of drug-likeness (QED) is 0.186. The lowest BCUT2D eigenvalue weighted by molar-refractivity contribution is 1.08. The first kappa shape index (κ1) is 29.1. The number of hydrogen-bond donors (Lipinski definition) is 0. The van der Waals surface area contributed by atoms with E-state index in [9.17, 15) is 0 Å². The van der Waals surface area contributed by atoms with Crippen molar-refractivity contribution in [2.75, 3.05) is 0 Å². The van der Waals surface area contributed by atoms with E-state index in [1.165, 1.54) is 20.2 Å². The molecule has 242 valence electrons. The maximum atomic E-state index is 5.46. The predicted octanol–water partition coefficient (Wildman–Crippen LogP) is 12.6. The van der Waals surface area contributed by atoms with Gasteiger partial charge in [0.05, 0.1) is 11.0 Å². The van der Waals surface area contributed by atoms with Crippen LogP contribution in [0.15, 0.2) is 170 Å². The van der Waals surface area contributed by atoms with Gasteiger partial charge in [0.25, 0.3) is 0 Å². The van der Waals surface area contributed by atoms with E-state index in [2.05, 4.69) is 174 Å². The summed E-state index contributed by atoms with van der Waals surface area (Å²) in [5, 5.41) is 9.23. The molecule has 0 atom stereocenters.